The lowest BCUT2D eigenvalue weighted by Crippen LogP contribution is -2.50. The van der Waals surface area contributed by atoms with Gasteiger partial charge in [-0.05, 0) is 31.1 Å². The van der Waals surface area contributed by atoms with Crippen molar-refractivity contribution in [2.24, 2.45) is 17.3 Å². The van der Waals surface area contributed by atoms with Crippen LogP contribution in [-0.4, -0.2) is 29.7 Å². The number of carbonyl (C=O) groups is 3. The zero-order valence-electron chi connectivity index (χ0n) is 14.0. The lowest BCUT2D eigenvalue weighted by molar-refractivity contribution is -0.184. The van der Waals surface area contributed by atoms with Crippen LogP contribution in [0.5, 0.6) is 0 Å². The molecule has 0 radical (unpaired) electrons. The summed E-state index contributed by atoms with van der Waals surface area (Å²) < 4.78 is 38.5. The SMILES string of the molecule is CCC1(C)CC(=O)C(C(=O)NC2CCCC(C(F)(F)F)C2)C(=O)C1. The lowest BCUT2D eigenvalue weighted by atomic mass is 9.68. The molecule has 136 valence electrons. The zero-order valence-corrected chi connectivity index (χ0v) is 14.0. The minimum absolute atomic E-state index is 0.0615. The standard InChI is InChI=1S/C17H24F3NO3/c1-3-16(2)8-12(22)14(13(23)9-16)15(24)21-11-6-4-5-10(7-11)17(18,19)20/h10-11,14H,3-9H2,1-2H3,(H,21,24). The molecule has 2 rings (SSSR count). The number of hydrogen-bond acceptors (Lipinski definition) is 3. The fourth-order valence-corrected chi connectivity index (χ4v) is 3.73. The second-order valence-electron chi connectivity index (χ2n) is 7.49. The Morgan fingerprint density at radius 2 is 1.79 bits per heavy atom. The monoisotopic (exact) mass is 347 g/mol. The summed E-state index contributed by atoms with van der Waals surface area (Å²) in [6, 6.07) is -0.627. The van der Waals surface area contributed by atoms with E-state index in [2.05, 4.69) is 5.32 Å². The molecule has 2 fully saturated rings. The molecule has 2 atom stereocenters. The predicted octanol–water partition coefficient (Wildman–Crippen LogP) is 3.19. The van der Waals surface area contributed by atoms with Crippen LogP contribution in [0.3, 0.4) is 0 Å². The Bertz CT molecular complexity index is 512. The van der Waals surface area contributed by atoms with Gasteiger partial charge in [0.1, 0.15) is 0 Å². The van der Waals surface area contributed by atoms with Crippen molar-refractivity contribution < 1.29 is 27.6 Å². The van der Waals surface area contributed by atoms with E-state index in [1.54, 1.807) is 0 Å². The van der Waals surface area contributed by atoms with E-state index in [1.807, 2.05) is 13.8 Å². The molecule has 0 aromatic rings. The summed E-state index contributed by atoms with van der Waals surface area (Å²) in [5, 5.41) is 2.52. The van der Waals surface area contributed by atoms with Crippen LogP contribution in [0.15, 0.2) is 0 Å². The highest BCUT2D eigenvalue weighted by Crippen LogP contribution is 2.39. The average molecular weight is 347 g/mol. The van der Waals surface area contributed by atoms with Crippen LogP contribution in [0.2, 0.25) is 0 Å². The van der Waals surface area contributed by atoms with Crippen LogP contribution < -0.4 is 5.32 Å². The molecule has 2 unspecified atom stereocenters. The molecular formula is C17H24F3NO3. The highest BCUT2D eigenvalue weighted by molar-refractivity contribution is 6.20. The Balaban J connectivity index is 1.99. The summed E-state index contributed by atoms with van der Waals surface area (Å²) >= 11 is 0. The van der Waals surface area contributed by atoms with Crippen molar-refractivity contribution in [1.29, 1.82) is 0 Å². The third kappa shape index (κ3) is 4.16. The lowest BCUT2D eigenvalue weighted by Gasteiger charge is -2.35. The van der Waals surface area contributed by atoms with E-state index in [9.17, 15) is 27.6 Å². The average Bonchev–Trinajstić information content (AvgIpc) is 2.45. The summed E-state index contributed by atoms with van der Waals surface area (Å²) in [6.07, 6.45) is -2.61. The van der Waals surface area contributed by atoms with Gasteiger partial charge in [0.25, 0.3) is 0 Å². The van der Waals surface area contributed by atoms with Gasteiger partial charge >= 0.3 is 6.18 Å². The molecule has 7 heteroatoms. The minimum atomic E-state index is -4.27. The number of halogens is 3. The van der Waals surface area contributed by atoms with E-state index in [-0.39, 0.29) is 25.7 Å². The van der Waals surface area contributed by atoms with Crippen LogP contribution in [0.25, 0.3) is 0 Å². The third-order valence-corrected chi connectivity index (χ3v) is 5.45. The molecule has 4 nitrogen and oxygen atoms in total. The van der Waals surface area contributed by atoms with Crippen molar-refractivity contribution in [3.05, 3.63) is 0 Å². The molecule has 24 heavy (non-hydrogen) atoms. The third-order valence-electron chi connectivity index (χ3n) is 5.45. The molecule has 0 saturated heterocycles. The number of carbonyl (C=O) groups excluding carboxylic acids is 3. The van der Waals surface area contributed by atoms with Gasteiger partial charge in [-0.15, -0.1) is 0 Å². The topological polar surface area (TPSA) is 63.2 Å². The van der Waals surface area contributed by atoms with E-state index < -0.39 is 46.9 Å². The van der Waals surface area contributed by atoms with Crippen molar-refractivity contribution >= 4 is 17.5 Å². The van der Waals surface area contributed by atoms with Crippen molar-refractivity contribution in [3.63, 3.8) is 0 Å². The van der Waals surface area contributed by atoms with Gasteiger partial charge < -0.3 is 5.32 Å². The van der Waals surface area contributed by atoms with E-state index in [0.717, 1.165) is 0 Å². The van der Waals surface area contributed by atoms with Gasteiger partial charge in [0.15, 0.2) is 17.5 Å². The molecule has 0 aromatic carbocycles. The number of nitrogens with one attached hydrogen (secondary N) is 1. The second-order valence-corrected chi connectivity index (χ2v) is 7.49. The molecule has 0 aliphatic heterocycles. The summed E-state index contributed by atoms with van der Waals surface area (Å²) in [6.45, 7) is 3.73. The molecule has 2 aliphatic rings. The van der Waals surface area contributed by atoms with Crippen molar-refractivity contribution in [2.45, 2.75) is 71.0 Å². The molecule has 0 bridgehead atoms. The van der Waals surface area contributed by atoms with E-state index in [0.29, 0.717) is 19.3 Å². The molecule has 0 spiro atoms. The van der Waals surface area contributed by atoms with Crippen LogP contribution in [0.4, 0.5) is 13.2 Å². The van der Waals surface area contributed by atoms with E-state index in [1.165, 1.54) is 0 Å². The Hall–Kier alpha value is -1.40. The van der Waals surface area contributed by atoms with Gasteiger partial charge in [0.2, 0.25) is 5.91 Å². The van der Waals surface area contributed by atoms with Crippen molar-refractivity contribution in [3.8, 4) is 0 Å². The maximum Gasteiger partial charge on any atom is 0.391 e. The summed E-state index contributed by atoms with van der Waals surface area (Å²) in [7, 11) is 0. The largest absolute Gasteiger partial charge is 0.391 e. The van der Waals surface area contributed by atoms with Crippen LogP contribution in [0, 0.1) is 17.3 Å². The van der Waals surface area contributed by atoms with Gasteiger partial charge in [0, 0.05) is 18.9 Å². The zero-order chi connectivity index (χ0) is 18.1. The fourth-order valence-electron chi connectivity index (χ4n) is 3.73. The molecule has 1 N–H and O–H groups in total. The summed E-state index contributed by atoms with van der Waals surface area (Å²) in [5.74, 6) is -4.35. The van der Waals surface area contributed by atoms with Gasteiger partial charge in [-0.25, -0.2) is 0 Å². The molecule has 0 aromatic heterocycles. The van der Waals surface area contributed by atoms with Crippen LogP contribution in [0.1, 0.15) is 58.8 Å². The van der Waals surface area contributed by atoms with Gasteiger partial charge in [0.05, 0.1) is 5.92 Å². The first-order valence-electron chi connectivity index (χ1n) is 8.48. The number of alkyl halides is 3. The van der Waals surface area contributed by atoms with E-state index in [4.69, 9.17) is 0 Å². The van der Waals surface area contributed by atoms with Gasteiger partial charge in [-0.3, -0.25) is 14.4 Å². The molecular weight excluding hydrogens is 323 g/mol. The van der Waals surface area contributed by atoms with E-state index >= 15 is 0 Å². The quantitative estimate of drug-likeness (QED) is 0.798. The highest BCUT2D eigenvalue weighted by atomic mass is 19.4. The van der Waals surface area contributed by atoms with Crippen molar-refractivity contribution in [2.75, 3.05) is 0 Å². The molecule has 1 amide bonds. The highest BCUT2D eigenvalue weighted by Gasteiger charge is 2.46. The predicted molar refractivity (Wildman–Crippen MR) is 81.1 cm³/mol. The van der Waals surface area contributed by atoms with Crippen LogP contribution >= 0.6 is 0 Å². The first kappa shape index (κ1) is 18.9. The molecule has 2 saturated carbocycles. The van der Waals surface area contributed by atoms with Gasteiger partial charge in [-0.2, -0.15) is 13.2 Å². The Labute approximate surface area is 139 Å². The number of rotatable bonds is 3. The number of ketones is 2. The first-order chi connectivity index (χ1) is 11.1. The first-order valence-corrected chi connectivity index (χ1v) is 8.48. The number of hydrogen-bond donors (Lipinski definition) is 1. The molecule has 0 heterocycles. The molecule has 2 aliphatic carbocycles. The summed E-state index contributed by atoms with van der Waals surface area (Å²) in [5.41, 5.74) is -0.419. The van der Waals surface area contributed by atoms with Crippen LogP contribution in [-0.2, 0) is 14.4 Å². The Kier molecular flexibility index (Phi) is 5.40. The second kappa shape index (κ2) is 6.84. The smallest absolute Gasteiger partial charge is 0.352 e. The number of Topliss-reactive ketones (excluding diaryl/α,β-unsaturated/α-hetero) is 2. The Morgan fingerprint density at radius 1 is 1.21 bits per heavy atom. The maximum atomic E-state index is 12.8. The van der Waals surface area contributed by atoms with Crippen molar-refractivity contribution in [1.82, 2.24) is 5.32 Å². The summed E-state index contributed by atoms with van der Waals surface area (Å²) in [4.78, 5) is 36.8. The van der Waals surface area contributed by atoms with Gasteiger partial charge in [-0.1, -0.05) is 20.3 Å². The minimum Gasteiger partial charge on any atom is -0.352 e. The normalized spacial score (nSPS) is 35.0. The number of amides is 1. The maximum absolute atomic E-state index is 12.8. The fraction of sp³-hybridized carbons (Fsp3) is 0.824. The Morgan fingerprint density at radius 3 is 2.29 bits per heavy atom.